The third-order valence-electron chi connectivity index (χ3n) is 5.02. The van der Waals surface area contributed by atoms with Crippen LogP contribution in [-0.4, -0.2) is 47.6 Å². The minimum Gasteiger partial charge on any atom is -0.465 e. The Kier molecular flexibility index (Phi) is 9.35. The van der Waals surface area contributed by atoms with Crippen LogP contribution >= 0.6 is 18.8 Å². The van der Waals surface area contributed by atoms with E-state index in [1.165, 1.54) is 6.07 Å². The first-order valence-electron chi connectivity index (χ1n) is 11.8. The molecule has 0 radical (unpaired) electrons. The number of hydrogen-bond acceptors (Lipinski definition) is 9. The highest BCUT2D eigenvalue weighted by atomic mass is 32.1. The van der Waals surface area contributed by atoms with Crippen molar-refractivity contribution in [2.24, 2.45) is 5.41 Å². The summed E-state index contributed by atoms with van der Waals surface area (Å²) in [7, 11) is -3.78. The second kappa shape index (κ2) is 11.1. The molecule has 0 saturated heterocycles. The molecule has 0 saturated carbocycles. The van der Waals surface area contributed by atoms with Gasteiger partial charge >= 0.3 is 5.97 Å². The number of nitrogens with zero attached hydrogens (tertiary/aromatic N) is 1. The minimum atomic E-state index is -3.78. The van der Waals surface area contributed by atoms with Crippen LogP contribution in [0.3, 0.4) is 0 Å². The summed E-state index contributed by atoms with van der Waals surface area (Å²) in [6.07, 6.45) is 0. The van der Waals surface area contributed by atoms with Crippen LogP contribution in [0.15, 0.2) is 16.5 Å². The SMILES string of the molecule is CCOCC(C)(C)NP(=O)(NC(C)(C)C(=O)OCC)c1ccc(-c2nc(N)sc2C(=O)C(C)(C)C)o1. The fourth-order valence-corrected chi connectivity index (χ4v) is 6.90. The van der Waals surface area contributed by atoms with E-state index in [1.807, 2.05) is 41.5 Å². The lowest BCUT2D eigenvalue weighted by Crippen LogP contribution is -2.53. The van der Waals surface area contributed by atoms with Crippen molar-refractivity contribution in [2.75, 3.05) is 25.6 Å². The molecule has 12 heteroatoms. The number of furan rings is 1. The van der Waals surface area contributed by atoms with E-state index in [1.54, 1.807) is 26.8 Å². The molecule has 4 N–H and O–H groups in total. The lowest BCUT2D eigenvalue weighted by atomic mass is 9.89. The number of thiazole rings is 1. The Morgan fingerprint density at radius 1 is 1.08 bits per heavy atom. The zero-order chi connectivity index (χ0) is 27.5. The molecule has 36 heavy (non-hydrogen) atoms. The van der Waals surface area contributed by atoms with E-state index in [2.05, 4.69) is 15.2 Å². The Balaban J connectivity index is 2.56. The largest absolute Gasteiger partial charge is 0.465 e. The summed E-state index contributed by atoms with van der Waals surface area (Å²) in [4.78, 5) is 30.3. The topological polar surface area (TPSA) is 146 Å². The van der Waals surface area contributed by atoms with Crippen LogP contribution in [0.2, 0.25) is 0 Å². The maximum Gasteiger partial charge on any atom is 0.326 e. The summed E-state index contributed by atoms with van der Waals surface area (Å²) in [6.45, 7) is 16.7. The molecule has 0 amide bonds. The van der Waals surface area contributed by atoms with E-state index < -0.39 is 29.9 Å². The quantitative estimate of drug-likeness (QED) is 0.201. The summed E-state index contributed by atoms with van der Waals surface area (Å²) in [5, 5.41) is 6.28. The number of nitrogen functional groups attached to an aromatic ring is 1. The number of esters is 1. The molecule has 0 aliphatic carbocycles. The molecule has 202 valence electrons. The number of rotatable bonds is 12. The monoisotopic (exact) mass is 542 g/mol. The molecule has 0 fully saturated rings. The van der Waals surface area contributed by atoms with Crippen molar-refractivity contribution in [1.29, 1.82) is 0 Å². The Morgan fingerprint density at radius 2 is 1.72 bits per heavy atom. The fraction of sp³-hybridized carbons (Fsp3) is 0.625. The smallest absolute Gasteiger partial charge is 0.326 e. The predicted octanol–water partition coefficient (Wildman–Crippen LogP) is 4.37. The summed E-state index contributed by atoms with van der Waals surface area (Å²) < 4.78 is 31.2. The molecule has 1 unspecified atom stereocenters. The van der Waals surface area contributed by atoms with Gasteiger partial charge in [-0.2, -0.15) is 0 Å². The van der Waals surface area contributed by atoms with Gasteiger partial charge in [0.2, 0.25) is 0 Å². The summed E-state index contributed by atoms with van der Waals surface area (Å²) in [5.74, 6) is -0.456. The van der Waals surface area contributed by atoms with Crippen molar-refractivity contribution in [3.8, 4) is 11.5 Å². The molecular formula is C24H39N4O6PS. The molecule has 1 atom stereocenters. The zero-order valence-corrected chi connectivity index (χ0v) is 24.3. The maximum absolute atomic E-state index is 14.5. The normalized spacial score (nSPS) is 14.5. The van der Waals surface area contributed by atoms with E-state index in [4.69, 9.17) is 19.6 Å². The number of nitrogens with two attached hydrogens (primary N) is 1. The lowest BCUT2D eigenvalue weighted by molar-refractivity contribution is -0.148. The van der Waals surface area contributed by atoms with E-state index in [9.17, 15) is 14.2 Å². The molecule has 2 heterocycles. The predicted molar refractivity (Wildman–Crippen MR) is 143 cm³/mol. The standard InChI is InChI=1S/C24H39N4O6PS/c1-10-32-14-23(6,7)27-35(31,28-24(8,9)20(30)33-11-2)16-13-12-15(34-16)17-18(36-21(25)26-17)19(29)22(3,4)5/h12-13H,10-11,14H2,1-9H3,(H2,25,26)(H2,27,28,31). The van der Waals surface area contributed by atoms with Crippen LogP contribution in [0.1, 0.15) is 72.0 Å². The number of carbonyl (C=O) groups is 2. The van der Waals surface area contributed by atoms with Crippen molar-refractivity contribution < 1.29 is 28.0 Å². The first-order valence-corrected chi connectivity index (χ1v) is 14.3. The number of ether oxygens (including phenoxy) is 2. The number of nitrogens with one attached hydrogen (secondary N) is 2. The number of anilines is 1. The Bertz CT molecular complexity index is 1130. The van der Waals surface area contributed by atoms with E-state index in [0.29, 0.717) is 11.5 Å². The van der Waals surface area contributed by atoms with E-state index in [0.717, 1.165) is 11.3 Å². The van der Waals surface area contributed by atoms with Gasteiger partial charge in [-0.05, 0) is 53.7 Å². The van der Waals surface area contributed by atoms with Gasteiger partial charge in [0.25, 0.3) is 7.44 Å². The van der Waals surface area contributed by atoms with Crippen molar-refractivity contribution in [1.82, 2.24) is 15.2 Å². The van der Waals surface area contributed by atoms with Gasteiger partial charge in [0.05, 0.1) is 13.2 Å². The average Bonchev–Trinajstić information content (AvgIpc) is 3.37. The van der Waals surface area contributed by atoms with Gasteiger partial charge in [0, 0.05) is 17.6 Å². The zero-order valence-electron chi connectivity index (χ0n) is 22.6. The molecule has 2 aromatic heterocycles. The highest BCUT2D eigenvalue weighted by Gasteiger charge is 2.43. The van der Waals surface area contributed by atoms with Gasteiger partial charge in [-0.1, -0.05) is 32.1 Å². The first-order chi connectivity index (χ1) is 16.5. The molecule has 2 rings (SSSR count). The lowest BCUT2D eigenvalue weighted by Gasteiger charge is -2.35. The molecule has 2 aromatic rings. The second-order valence-corrected chi connectivity index (χ2v) is 13.8. The summed E-state index contributed by atoms with van der Waals surface area (Å²) >= 11 is 1.08. The number of Topliss-reactive ketones (excluding diaryl/α,β-unsaturated/α-hetero) is 1. The highest BCUT2D eigenvalue weighted by Crippen LogP contribution is 2.43. The highest BCUT2D eigenvalue weighted by molar-refractivity contribution is 7.67. The number of aromatic nitrogens is 1. The van der Waals surface area contributed by atoms with Gasteiger partial charge in [-0.25, -0.2) is 15.2 Å². The van der Waals surface area contributed by atoms with Crippen molar-refractivity contribution >= 4 is 41.2 Å². The third-order valence-corrected chi connectivity index (χ3v) is 8.56. The Hall–Kier alpha value is -2.04. The molecule has 0 spiro atoms. The van der Waals surface area contributed by atoms with Crippen LogP contribution in [0.5, 0.6) is 0 Å². The summed E-state index contributed by atoms with van der Waals surface area (Å²) in [5.41, 5.74) is 3.55. The first kappa shape index (κ1) is 30.2. The van der Waals surface area contributed by atoms with Crippen molar-refractivity contribution in [3.05, 3.63) is 17.0 Å². The van der Waals surface area contributed by atoms with Crippen LogP contribution in [0.4, 0.5) is 5.13 Å². The van der Waals surface area contributed by atoms with Crippen molar-refractivity contribution in [3.63, 3.8) is 0 Å². The molecular weight excluding hydrogens is 503 g/mol. The molecule has 0 aliphatic heterocycles. The number of ketones is 1. The van der Waals surface area contributed by atoms with Gasteiger partial charge < -0.3 is 19.6 Å². The van der Waals surface area contributed by atoms with Gasteiger partial charge in [-0.15, -0.1) is 0 Å². The van der Waals surface area contributed by atoms with Crippen molar-refractivity contribution in [2.45, 2.75) is 73.4 Å². The maximum atomic E-state index is 14.5. The molecule has 0 aromatic carbocycles. The van der Waals surface area contributed by atoms with E-state index >= 15 is 0 Å². The number of hydrogen-bond donors (Lipinski definition) is 3. The average molecular weight is 543 g/mol. The third kappa shape index (κ3) is 7.26. The van der Waals surface area contributed by atoms with Gasteiger partial charge in [0.1, 0.15) is 16.1 Å². The van der Waals surface area contributed by atoms with Crippen LogP contribution < -0.4 is 21.4 Å². The Labute approximate surface area is 217 Å². The summed E-state index contributed by atoms with van der Waals surface area (Å²) in [6, 6.07) is 3.13. The van der Waals surface area contributed by atoms with Crippen LogP contribution in [0, 0.1) is 5.41 Å². The van der Waals surface area contributed by atoms with Gasteiger partial charge in [0.15, 0.2) is 22.2 Å². The van der Waals surface area contributed by atoms with Crippen LogP contribution in [-0.2, 0) is 18.8 Å². The molecule has 0 aliphatic rings. The fourth-order valence-electron chi connectivity index (χ4n) is 3.33. The Morgan fingerprint density at radius 3 is 2.28 bits per heavy atom. The molecule has 10 nitrogen and oxygen atoms in total. The van der Waals surface area contributed by atoms with Gasteiger partial charge in [-0.3, -0.25) is 14.2 Å². The second-order valence-electron chi connectivity index (χ2n) is 10.6. The van der Waals surface area contributed by atoms with E-state index in [-0.39, 0.29) is 41.1 Å². The minimum absolute atomic E-state index is 0.0557. The van der Waals surface area contributed by atoms with Crippen LogP contribution in [0.25, 0.3) is 11.5 Å². The number of carbonyl (C=O) groups excluding carboxylic acids is 2. The molecule has 0 bridgehead atoms.